The molecule has 0 heterocycles. The van der Waals surface area contributed by atoms with Gasteiger partial charge in [0.05, 0.1) is 0 Å². The van der Waals surface area contributed by atoms with E-state index in [0.29, 0.717) is 12.2 Å². The van der Waals surface area contributed by atoms with Gasteiger partial charge >= 0.3 is 5.97 Å². The van der Waals surface area contributed by atoms with Crippen molar-refractivity contribution in [1.29, 1.82) is 0 Å². The fraction of sp³-hybridized carbons (Fsp3) is 0.333. The Hall–Kier alpha value is -2.04. The van der Waals surface area contributed by atoms with Crippen LogP contribution in [0.1, 0.15) is 30.6 Å². The second kappa shape index (κ2) is 4.86. The standard InChI is InChI=1S/C12H15NO4/c1-3-12(2,11(15)16)17-9-6-4-5-8(7-9)10(13)14/h4-7H,3H2,1-2H3,(H2,13,14)(H,15,16). The zero-order valence-electron chi connectivity index (χ0n) is 9.77. The Balaban J connectivity index is 2.98. The van der Waals surface area contributed by atoms with Gasteiger partial charge in [-0.3, -0.25) is 4.79 Å². The average Bonchev–Trinajstić information content (AvgIpc) is 2.29. The number of carbonyl (C=O) groups is 2. The van der Waals surface area contributed by atoms with Crippen LogP contribution in [0, 0.1) is 0 Å². The lowest BCUT2D eigenvalue weighted by Crippen LogP contribution is -2.40. The molecule has 1 atom stereocenters. The number of rotatable bonds is 5. The number of carboxylic acid groups (broad SMARTS) is 1. The van der Waals surface area contributed by atoms with Crippen molar-refractivity contribution < 1.29 is 19.4 Å². The van der Waals surface area contributed by atoms with Crippen LogP contribution in [-0.2, 0) is 4.79 Å². The van der Waals surface area contributed by atoms with Crippen molar-refractivity contribution in [1.82, 2.24) is 0 Å². The monoisotopic (exact) mass is 237 g/mol. The first-order valence-corrected chi connectivity index (χ1v) is 5.21. The highest BCUT2D eigenvalue weighted by Crippen LogP contribution is 2.22. The fourth-order valence-corrected chi connectivity index (χ4v) is 1.24. The largest absolute Gasteiger partial charge is 0.478 e. The maximum atomic E-state index is 11.1. The van der Waals surface area contributed by atoms with Crippen molar-refractivity contribution in [3.05, 3.63) is 29.8 Å². The lowest BCUT2D eigenvalue weighted by molar-refractivity contribution is -0.154. The molecule has 0 radical (unpaired) electrons. The van der Waals surface area contributed by atoms with Gasteiger partial charge in [0.1, 0.15) is 5.75 Å². The van der Waals surface area contributed by atoms with Gasteiger partial charge in [0.15, 0.2) is 0 Å². The number of hydrogen-bond donors (Lipinski definition) is 2. The molecular weight excluding hydrogens is 222 g/mol. The molecule has 0 fully saturated rings. The Morgan fingerprint density at radius 3 is 2.59 bits per heavy atom. The van der Waals surface area contributed by atoms with Crippen LogP contribution in [-0.4, -0.2) is 22.6 Å². The number of aliphatic carboxylic acids is 1. The van der Waals surface area contributed by atoms with Crippen LogP contribution in [0.2, 0.25) is 0 Å². The molecule has 1 aromatic rings. The number of carbonyl (C=O) groups excluding carboxylic acids is 1. The minimum absolute atomic E-state index is 0.284. The molecule has 0 aliphatic rings. The summed E-state index contributed by atoms with van der Waals surface area (Å²) >= 11 is 0. The predicted molar refractivity (Wildman–Crippen MR) is 61.9 cm³/mol. The highest BCUT2D eigenvalue weighted by Gasteiger charge is 2.33. The summed E-state index contributed by atoms with van der Waals surface area (Å²) in [5.41, 5.74) is 4.10. The van der Waals surface area contributed by atoms with Gasteiger partial charge in [0.2, 0.25) is 11.5 Å². The van der Waals surface area contributed by atoms with E-state index < -0.39 is 17.5 Å². The molecule has 0 saturated carbocycles. The maximum Gasteiger partial charge on any atom is 0.347 e. The Morgan fingerprint density at radius 1 is 1.47 bits per heavy atom. The summed E-state index contributed by atoms with van der Waals surface area (Å²) in [4.78, 5) is 22.0. The second-order valence-corrected chi connectivity index (χ2v) is 3.88. The molecule has 1 amide bonds. The molecule has 17 heavy (non-hydrogen) atoms. The second-order valence-electron chi connectivity index (χ2n) is 3.88. The predicted octanol–water partition coefficient (Wildman–Crippen LogP) is 1.42. The molecule has 3 N–H and O–H groups in total. The third-order valence-electron chi connectivity index (χ3n) is 2.59. The molecule has 92 valence electrons. The summed E-state index contributed by atoms with van der Waals surface area (Å²) in [6.45, 7) is 3.19. The van der Waals surface area contributed by atoms with Crippen LogP contribution >= 0.6 is 0 Å². The number of amides is 1. The maximum absolute atomic E-state index is 11.1. The molecule has 0 aromatic heterocycles. The zero-order valence-corrected chi connectivity index (χ0v) is 9.77. The topological polar surface area (TPSA) is 89.6 Å². The molecular formula is C12H15NO4. The van der Waals surface area contributed by atoms with E-state index in [1.807, 2.05) is 0 Å². The van der Waals surface area contributed by atoms with Crippen molar-refractivity contribution in [2.24, 2.45) is 5.73 Å². The first-order valence-electron chi connectivity index (χ1n) is 5.21. The molecule has 5 nitrogen and oxygen atoms in total. The molecule has 0 aliphatic carbocycles. The summed E-state index contributed by atoms with van der Waals surface area (Å²) < 4.78 is 5.40. The third kappa shape index (κ3) is 2.96. The minimum atomic E-state index is -1.31. The van der Waals surface area contributed by atoms with Crippen LogP contribution in [0.5, 0.6) is 5.75 Å². The first-order chi connectivity index (χ1) is 7.89. The first kappa shape index (κ1) is 13.0. The van der Waals surface area contributed by atoms with Crippen molar-refractivity contribution in [3.63, 3.8) is 0 Å². The Bertz CT molecular complexity index is 444. The smallest absolute Gasteiger partial charge is 0.347 e. The van der Waals surface area contributed by atoms with Crippen LogP contribution in [0.3, 0.4) is 0 Å². The van der Waals surface area contributed by atoms with Crippen LogP contribution in [0.4, 0.5) is 0 Å². The molecule has 1 aromatic carbocycles. The normalized spacial score (nSPS) is 13.8. The van der Waals surface area contributed by atoms with Gasteiger partial charge in [-0.05, 0) is 31.5 Å². The SMILES string of the molecule is CCC(C)(Oc1cccc(C(N)=O)c1)C(=O)O. The number of benzene rings is 1. The molecule has 1 rings (SSSR count). The van der Waals surface area contributed by atoms with Crippen molar-refractivity contribution in [2.45, 2.75) is 25.9 Å². The van der Waals surface area contributed by atoms with E-state index >= 15 is 0 Å². The summed E-state index contributed by atoms with van der Waals surface area (Å²) in [6.07, 6.45) is 0.309. The zero-order chi connectivity index (χ0) is 13.1. The van der Waals surface area contributed by atoms with E-state index in [4.69, 9.17) is 15.6 Å². The summed E-state index contributed by atoms with van der Waals surface area (Å²) in [5, 5.41) is 9.06. The van der Waals surface area contributed by atoms with Crippen molar-refractivity contribution in [2.75, 3.05) is 0 Å². The summed E-state index contributed by atoms with van der Waals surface area (Å²) in [5.74, 6) is -1.32. The lowest BCUT2D eigenvalue weighted by atomic mass is 10.0. The molecule has 0 aliphatic heterocycles. The minimum Gasteiger partial charge on any atom is -0.478 e. The van der Waals surface area contributed by atoms with E-state index in [1.54, 1.807) is 25.1 Å². The van der Waals surface area contributed by atoms with E-state index in [1.165, 1.54) is 13.0 Å². The van der Waals surface area contributed by atoms with Gasteiger partial charge in [-0.25, -0.2) is 4.79 Å². The number of primary amides is 1. The van der Waals surface area contributed by atoms with Crippen molar-refractivity contribution >= 4 is 11.9 Å². The van der Waals surface area contributed by atoms with Crippen LogP contribution in [0.25, 0.3) is 0 Å². The van der Waals surface area contributed by atoms with Crippen molar-refractivity contribution in [3.8, 4) is 5.75 Å². The number of ether oxygens (including phenoxy) is 1. The summed E-state index contributed by atoms with van der Waals surface area (Å²) in [7, 11) is 0. The average molecular weight is 237 g/mol. The number of hydrogen-bond acceptors (Lipinski definition) is 3. The lowest BCUT2D eigenvalue weighted by Gasteiger charge is -2.24. The van der Waals surface area contributed by atoms with E-state index in [0.717, 1.165) is 0 Å². The van der Waals surface area contributed by atoms with Gasteiger partial charge in [-0.15, -0.1) is 0 Å². The van der Waals surface area contributed by atoms with Crippen LogP contribution < -0.4 is 10.5 Å². The van der Waals surface area contributed by atoms with Gasteiger partial charge in [-0.1, -0.05) is 13.0 Å². The molecule has 0 bridgehead atoms. The van der Waals surface area contributed by atoms with Gasteiger partial charge in [0.25, 0.3) is 0 Å². The highest BCUT2D eigenvalue weighted by molar-refractivity contribution is 5.93. The number of carboxylic acids is 1. The molecule has 0 spiro atoms. The van der Waals surface area contributed by atoms with E-state index in [9.17, 15) is 9.59 Å². The Kier molecular flexibility index (Phi) is 3.73. The van der Waals surface area contributed by atoms with E-state index in [-0.39, 0.29) is 5.56 Å². The fourth-order valence-electron chi connectivity index (χ4n) is 1.24. The van der Waals surface area contributed by atoms with Gasteiger partial charge < -0.3 is 15.6 Å². The van der Waals surface area contributed by atoms with Gasteiger partial charge in [0, 0.05) is 5.56 Å². The summed E-state index contributed by atoms with van der Waals surface area (Å²) in [6, 6.07) is 6.15. The quantitative estimate of drug-likeness (QED) is 0.810. The Morgan fingerprint density at radius 2 is 2.12 bits per heavy atom. The van der Waals surface area contributed by atoms with Gasteiger partial charge in [-0.2, -0.15) is 0 Å². The molecule has 5 heteroatoms. The third-order valence-corrected chi connectivity index (χ3v) is 2.59. The molecule has 0 saturated heterocycles. The van der Waals surface area contributed by atoms with E-state index in [2.05, 4.69) is 0 Å². The number of nitrogens with two attached hydrogens (primary N) is 1. The molecule has 1 unspecified atom stereocenters. The Labute approximate surface area is 99.2 Å². The highest BCUT2D eigenvalue weighted by atomic mass is 16.5. The van der Waals surface area contributed by atoms with Crippen LogP contribution in [0.15, 0.2) is 24.3 Å².